The first-order valence-corrected chi connectivity index (χ1v) is 10.8. The molecule has 9 nitrogen and oxygen atoms in total. The molecule has 0 unspecified atom stereocenters. The fourth-order valence-electron chi connectivity index (χ4n) is 3.88. The van der Waals surface area contributed by atoms with Gasteiger partial charge in [-0.3, -0.25) is 0 Å². The van der Waals surface area contributed by atoms with Gasteiger partial charge in [0, 0.05) is 45.5 Å². The molecule has 4 heterocycles. The van der Waals surface area contributed by atoms with Crippen molar-refractivity contribution < 1.29 is 13.2 Å². The van der Waals surface area contributed by atoms with Crippen LogP contribution in [0, 0.1) is 11.6 Å². The topological polar surface area (TPSA) is 93.7 Å². The lowest BCUT2D eigenvalue weighted by Gasteiger charge is -2.24. The summed E-state index contributed by atoms with van der Waals surface area (Å²) in [7, 11) is 3.78. The van der Waals surface area contributed by atoms with E-state index in [4.69, 9.17) is 10.2 Å². The number of hydrogen-bond donors (Lipinski definition) is 1. The maximum atomic E-state index is 14.0. The number of rotatable bonds is 8. The molecule has 5 rings (SSSR count). The van der Waals surface area contributed by atoms with Crippen LogP contribution in [0.15, 0.2) is 53.3 Å². The van der Waals surface area contributed by atoms with Gasteiger partial charge >= 0.3 is 0 Å². The minimum Gasteiger partial charge on any atom is -0.461 e. The van der Waals surface area contributed by atoms with Gasteiger partial charge in [0.1, 0.15) is 17.3 Å². The molecule has 0 radical (unpaired) electrons. The van der Waals surface area contributed by atoms with Crippen LogP contribution in [-0.4, -0.2) is 62.8 Å². The predicted octanol–water partition coefficient (Wildman–Crippen LogP) is 3.27. The van der Waals surface area contributed by atoms with E-state index in [2.05, 4.69) is 20.0 Å². The molecule has 0 bridgehead atoms. The lowest BCUT2D eigenvalue weighted by atomic mass is 10.2. The SMILES string of the molecule is CN(CCN(C)c1ccc(F)cc1F)CCn1ccc2c1nc(N)n1nc(-c3ccco3)nc21. The van der Waals surface area contributed by atoms with Crippen LogP contribution in [0.1, 0.15) is 0 Å². The Hall–Kier alpha value is -3.99. The molecule has 0 atom stereocenters. The van der Waals surface area contributed by atoms with Gasteiger partial charge in [-0.15, -0.1) is 5.10 Å². The summed E-state index contributed by atoms with van der Waals surface area (Å²) in [6.07, 6.45) is 3.52. The van der Waals surface area contributed by atoms with Gasteiger partial charge in [0.15, 0.2) is 11.4 Å². The summed E-state index contributed by atoms with van der Waals surface area (Å²) in [6.45, 7) is 2.70. The maximum Gasteiger partial charge on any atom is 0.225 e. The molecule has 11 heteroatoms. The summed E-state index contributed by atoms with van der Waals surface area (Å²) in [5.74, 6) is 0.0928. The molecule has 0 aliphatic carbocycles. The minimum atomic E-state index is -0.583. The summed E-state index contributed by atoms with van der Waals surface area (Å²) in [5.41, 5.74) is 7.88. The van der Waals surface area contributed by atoms with Crippen molar-refractivity contribution in [1.29, 1.82) is 0 Å². The van der Waals surface area contributed by atoms with Crippen LogP contribution in [0.4, 0.5) is 20.4 Å². The van der Waals surface area contributed by atoms with Crippen molar-refractivity contribution in [3.8, 4) is 11.6 Å². The molecule has 176 valence electrons. The number of furan rings is 1. The number of likely N-dealkylation sites (N-methyl/N-ethyl adjacent to an activating group) is 2. The van der Waals surface area contributed by atoms with Crippen molar-refractivity contribution in [2.75, 3.05) is 44.4 Å². The summed E-state index contributed by atoms with van der Waals surface area (Å²) in [5, 5.41) is 5.26. The molecule has 0 aliphatic heterocycles. The second kappa shape index (κ2) is 8.75. The highest BCUT2D eigenvalue weighted by Gasteiger charge is 2.17. The quantitative estimate of drug-likeness (QED) is 0.375. The third-order valence-corrected chi connectivity index (χ3v) is 5.82. The molecule has 0 aliphatic rings. The molecule has 0 spiro atoms. The molecule has 0 amide bonds. The van der Waals surface area contributed by atoms with Crippen LogP contribution in [0.5, 0.6) is 0 Å². The zero-order valence-corrected chi connectivity index (χ0v) is 18.8. The molecule has 4 aromatic heterocycles. The van der Waals surface area contributed by atoms with Crippen LogP contribution >= 0.6 is 0 Å². The van der Waals surface area contributed by atoms with Gasteiger partial charge in [0.25, 0.3) is 0 Å². The van der Waals surface area contributed by atoms with Crippen molar-refractivity contribution in [2.24, 2.45) is 0 Å². The molecule has 2 N–H and O–H groups in total. The predicted molar refractivity (Wildman–Crippen MR) is 126 cm³/mol. The Balaban J connectivity index is 1.27. The molecule has 0 saturated carbocycles. The number of halogens is 2. The van der Waals surface area contributed by atoms with Gasteiger partial charge in [-0.05, 0) is 37.4 Å². The van der Waals surface area contributed by atoms with Gasteiger partial charge < -0.3 is 24.5 Å². The number of nitrogens with two attached hydrogens (primary N) is 1. The van der Waals surface area contributed by atoms with Crippen LogP contribution in [0.2, 0.25) is 0 Å². The minimum absolute atomic E-state index is 0.240. The number of nitrogens with zero attached hydrogens (tertiary/aromatic N) is 7. The molecular formula is C23H24F2N8O. The van der Waals surface area contributed by atoms with Gasteiger partial charge in [-0.2, -0.15) is 9.50 Å². The zero-order valence-electron chi connectivity index (χ0n) is 18.8. The fourth-order valence-corrected chi connectivity index (χ4v) is 3.88. The average Bonchev–Trinajstić information content (AvgIpc) is 3.55. The van der Waals surface area contributed by atoms with Crippen LogP contribution in [0.3, 0.4) is 0 Å². The Bertz CT molecular complexity index is 1440. The fraction of sp³-hybridized carbons (Fsp3) is 0.261. The first-order chi connectivity index (χ1) is 16.4. The Morgan fingerprint density at radius 1 is 1.03 bits per heavy atom. The standard InChI is InChI=1S/C23H24F2N8O/c1-30(9-11-31(2)18-6-5-15(24)14-17(18)25)10-12-32-8-7-16-21(32)28-23(26)33-22(16)27-20(29-33)19-4-3-13-34-19/h3-8,13-14H,9-12H2,1-2H3,(H2,26,28). The third kappa shape index (κ3) is 4.05. The Morgan fingerprint density at radius 2 is 1.88 bits per heavy atom. The second-order valence-corrected chi connectivity index (χ2v) is 8.19. The summed E-state index contributed by atoms with van der Waals surface area (Å²) >= 11 is 0. The molecule has 34 heavy (non-hydrogen) atoms. The highest BCUT2D eigenvalue weighted by atomic mass is 19.1. The van der Waals surface area contributed by atoms with E-state index in [9.17, 15) is 8.78 Å². The number of benzene rings is 1. The van der Waals surface area contributed by atoms with Gasteiger partial charge in [-0.1, -0.05) is 0 Å². The smallest absolute Gasteiger partial charge is 0.225 e. The lowest BCUT2D eigenvalue weighted by molar-refractivity contribution is 0.327. The highest BCUT2D eigenvalue weighted by molar-refractivity contribution is 5.91. The zero-order chi connectivity index (χ0) is 23.8. The van der Waals surface area contributed by atoms with E-state index in [1.807, 2.05) is 23.9 Å². The highest BCUT2D eigenvalue weighted by Crippen LogP contribution is 2.24. The molecule has 0 fully saturated rings. The Labute approximate surface area is 194 Å². The average molecular weight is 466 g/mol. The van der Waals surface area contributed by atoms with Crippen LogP contribution < -0.4 is 10.6 Å². The molecule has 1 aromatic carbocycles. The van der Waals surface area contributed by atoms with Crippen molar-refractivity contribution in [3.05, 3.63) is 60.5 Å². The van der Waals surface area contributed by atoms with E-state index < -0.39 is 11.6 Å². The molecule has 0 saturated heterocycles. The lowest BCUT2D eigenvalue weighted by Crippen LogP contribution is -2.33. The number of anilines is 2. The first kappa shape index (κ1) is 21.8. The monoisotopic (exact) mass is 466 g/mol. The molecule has 5 aromatic rings. The first-order valence-electron chi connectivity index (χ1n) is 10.8. The maximum absolute atomic E-state index is 14.0. The van der Waals surface area contributed by atoms with Crippen LogP contribution in [0.25, 0.3) is 28.3 Å². The summed E-state index contributed by atoms with van der Waals surface area (Å²) < 4.78 is 36.1. The van der Waals surface area contributed by atoms with Gasteiger partial charge in [0.2, 0.25) is 11.8 Å². The van der Waals surface area contributed by atoms with Gasteiger partial charge in [0.05, 0.1) is 17.3 Å². The van der Waals surface area contributed by atoms with E-state index in [1.165, 1.54) is 16.6 Å². The van der Waals surface area contributed by atoms with Crippen molar-refractivity contribution in [3.63, 3.8) is 0 Å². The summed E-state index contributed by atoms with van der Waals surface area (Å²) in [4.78, 5) is 13.0. The normalized spacial score (nSPS) is 11.8. The largest absolute Gasteiger partial charge is 0.461 e. The number of aromatic nitrogens is 5. The van der Waals surface area contributed by atoms with E-state index in [0.29, 0.717) is 42.6 Å². The van der Waals surface area contributed by atoms with Gasteiger partial charge in [-0.25, -0.2) is 13.8 Å². The van der Waals surface area contributed by atoms with E-state index in [1.54, 1.807) is 30.3 Å². The molecular weight excluding hydrogens is 442 g/mol. The second-order valence-electron chi connectivity index (χ2n) is 8.19. The van der Waals surface area contributed by atoms with E-state index in [0.717, 1.165) is 23.6 Å². The number of fused-ring (bicyclic) bond motifs is 3. The van der Waals surface area contributed by atoms with E-state index in [-0.39, 0.29) is 5.95 Å². The van der Waals surface area contributed by atoms with Crippen LogP contribution in [-0.2, 0) is 6.54 Å². The van der Waals surface area contributed by atoms with Crippen molar-refractivity contribution in [1.82, 2.24) is 29.0 Å². The van der Waals surface area contributed by atoms with Crippen molar-refractivity contribution >= 4 is 28.3 Å². The van der Waals surface area contributed by atoms with E-state index >= 15 is 0 Å². The Kier molecular flexibility index (Phi) is 5.62. The third-order valence-electron chi connectivity index (χ3n) is 5.82. The number of hydrogen-bond acceptors (Lipinski definition) is 7. The Morgan fingerprint density at radius 3 is 2.65 bits per heavy atom. The van der Waals surface area contributed by atoms with Crippen molar-refractivity contribution in [2.45, 2.75) is 6.54 Å². The number of nitrogen functional groups attached to an aromatic ring is 1. The summed E-state index contributed by atoms with van der Waals surface area (Å²) in [6, 6.07) is 9.13.